The average Bonchev–Trinajstić information content (AvgIpc) is 2.81. The molecule has 8 nitrogen and oxygen atoms in total. The molecule has 2 aliphatic rings. The van der Waals surface area contributed by atoms with Gasteiger partial charge in [0.05, 0.1) is 5.41 Å². The van der Waals surface area contributed by atoms with Crippen LogP contribution in [-0.2, 0) is 19.8 Å². The molecule has 0 bridgehead atoms. The minimum absolute atomic E-state index is 0.0427. The van der Waals surface area contributed by atoms with Gasteiger partial charge in [0, 0.05) is 44.2 Å². The number of rotatable bonds is 6. The van der Waals surface area contributed by atoms with Crippen LogP contribution in [0.25, 0.3) is 0 Å². The highest BCUT2D eigenvalue weighted by Gasteiger charge is 2.42. The highest BCUT2D eigenvalue weighted by atomic mass is 16.2. The third-order valence-electron chi connectivity index (χ3n) is 6.95. The van der Waals surface area contributed by atoms with Gasteiger partial charge in [-0.25, -0.2) is 4.79 Å². The predicted molar refractivity (Wildman–Crippen MR) is 122 cm³/mol. The Morgan fingerprint density at radius 2 is 1.72 bits per heavy atom. The number of hydrogen-bond donors (Lipinski definition) is 2. The molecule has 0 aliphatic carbocycles. The Labute approximate surface area is 189 Å². The molecule has 2 N–H and O–H groups in total. The lowest BCUT2D eigenvalue weighted by molar-refractivity contribution is -0.138. The fraction of sp³-hybridized carbons (Fsp3) is 0.583. The molecule has 2 aliphatic heterocycles. The molecule has 0 saturated carbocycles. The van der Waals surface area contributed by atoms with Crippen LogP contribution in [0.1, 0.15) is 58.4 Å². The smallest absolute Gasteiger partial charge is 0.319 e. The van der Waals surface area contributed by atoms with Crippen molar-refractivity contribution in [2.75, 3.05) is 31.5 Å². The second-order valence-corrected chi connectivity index (χ2v) is 8.60. The van der Waals surface area contributed by atoms with Crippen molar-refractivity contribution in [2.24, 2.45) is 5.92 Å². The molecule has 0 spiro atoms. The molecule has 32 heavy (non-hydrogen) atoms. The molecule has 1 atom stereocenters. The zero-order chi connectivity index (χ0) is 23.3. The van der Waals surface area contributed by atoms with Gasteiger partial charge in [0.1, 0.15) is 0 Å². The van der Waals surface area contributed by atoms with E-state index in [9.17, 15) is 19.2 Å². The molecule has 3 rings (SSSR count). The first kappa shape index (κ1) is 23.8. The van der Waals surface area contributed by atoms with E-state index in [1.54, 1.807) is 4.90 Å². The average molecular weight is 443 g/mol. The number of piperidine rings is 2. The number of hydrogen-bond acceptors (Lipinski definition) is 4. The number of imide groups is 1. The van der Waals surface area contributed by atoms with Crippen LogP contribution in [0.4, 0.5) is 10.5 Å². The third kappa shape index (κ3) is 4.79. The van der Waals surface area contributed by atoms with Crippen LogP contribution in [-0.4, -0.2) is 59.7 Å². The normalized spacial score (nSPS) is 21.8. The maximum absolute atomic E-state index is 12.8. The van der Waals surface area contributed by atoms with Gasteiger partial charge < -0.3 is 15.1 Å². The van der Waals surface area contributed by atoms with E-state index in [0.29, 0.717) is 64.0 Å². The number of likely N-dealkylation sites (tertiary alicyclic amines) is 1. The number of anilines is 1. The summed E-state index contributed by atoms with van der Waals surface area (Å²) in [5.74, 6) is -0.654. The fourth-order valence-electron chi connectivity index (χ4n) is 4.71. The molecular formula is C24H34N4O4. The van der Waals surface area contributed by atoms with Gasteiger partial charge in [-0.3, -0.25) is 19.7 Å². The minimum Gasteiger partial charge on any atom is -0.326 e. The van der Waals surface area contributed by atoms with Crippen LogP contribution < -0.4 is 10.6 Å². The summed E-state index contributed by atoms with van der Waals surface area (Å²) in [5.41, 5.74) is 0.825. The quantitative estimate of drug-likeness (QED) is 0.662. The van der Waals surface area contributed by atoms with Crippen LogP contribution in [0.15, 0.2) is 24.3 Å². The van der Waals surface area contributed by atoms with E-state index < -0.39 is 5.41 Å². The minimum atomic E-state index is -0.708. The summed E-state index contributed by atoms with van der Waals surface area (Å²) < 4.78 is 0. The molecule has 5 amide bonds. The van der Waals surface area contributed by atoms with Crippen LogP contribution in [0.2, 0.25) is 0 Å². The number of benzene rings is 1. The first-order valence-corrected chi connectivity index (χ1v) is 11.6. The SMILES string of the molecule is CCN(CC)C(=O)N1CCC(C(=O)Nc2ccc(C3(CC)CCC(=O)NC3=O)cc2)CC1. The monoisotopic (exact) mass is 442 g/mol. The zero-order valence-corrected chi connectivity index (χ0v) is 19.3. The first-order chi connectivity index (χ1) is 15.3. The second kappa shape index (κ2) is 10.1. The van der Waals surface area contributed by atoms with Crippen LogP contribution >= 0.6 is 0 Å². The maximum Gasteiger partial charge on any atom is 0.319 e. The summed E-state index contributed by atoms with van der Waals surface area (Å²) in [6, 6.07) is 7.39. The molecule has 174 valence electrons. The summed E-state index contributed by atoms with van der Waals surface area (Å²) in [4.78, 5) is 53.0. The van der Waals surface area contributed by atoms with Crippen LogP contribution in [0, 0.1) is 5.92 Å². The van der Waals surface area contributed by atoms with E-state index in [-0.39, 0.29) is 29.7 Å². The maximum atomic E-state index is 12.8. The molecule has 2 saturated heterocycles. The van der Waals surface area contributed by atoms with Gasteiger partial charge in [0.25, 0.3) is 0 Å². The third-order valence-corrected chi connectivity index (χ3v) is 6.95. The van der Waals surface area contributed by atoms with Crippen molar-refractivity contribution in [3.8, 4) is 0 Å². The van der Waals surface area contributed by atoms with Gasteiger partial charge in [-0.2, -0.15) is 0 Å². The summed E-state index contributed by atoms with van der Waals surface area (Å²) in [6.45, 7) is 8.41. The molecule has 2 fully saturated rings. The molecule has 2 heterocycles. The Bertz CT molecular complexity index is 857. The number of nitrogens with one attached hydrogen (secondary N) is 2. The van der Waals surface area contributed by atoms with Crippen LogP contribution in [0.3, 0.4) is 0 Å². The van der Waals surface area contributed by atoms with Crippen LogP contribution in [0.5, 0.6) is 0 Å². The predicted octanol–water partition coefficient (Wildman–Crippen LogP) is 2.88. The van der Waals surface area contributed by atoms with Crippen molar-refractivity contribution >= 4 is 29.4 Å². The zero-order valence-electron chi connectivity index (χ0n) is 19.3. The number of urea groups is 1. The first-order valence-electron chi connectivity index (χ1n) is 11.6. The number of amides is 5. The van der Waals surface area contributed by atoms with Crippen molar-refractivity contribution in [1.29, 1.82) is 0 Å². The van der Waals surface area contributed by atoms with E-state index in [1.807, 2.05) is 49.9 Å². The number of nitrogens with zero attached hydrogens (tertiary/aromatic N) is 2. The molecule has 0 radical (unpaired) electrons. The Morgan fingerprint density at radius 1 is 1.09 bits per heavy atom. The van der Waals surface area contributed by atoms with Crippen molar-refractivity contribution in [1.82, 2.24) is 15.1 Å². The van der Waals surface area contributed by atoms with E-state index in [1.165, 1.54) is 0 Å². The molecule has 0 aromatic heterocycles. The summed E-state index contributed by atoms with van der Waals surface area (Å²) in [7, 11) is 0. The lowest BCUT2D eigenvalue weighted by atomic mass is 9.72. The van der Waals surface area contributed by atoms with Gasteiger partial charge in [-0.05, 0) is 57.2 Å². The van der Waals surface area contributed by atoms with Gasteiger partial charge in [-0.1, -0.05) is 19.1 Å². The standard InChI is InChI=1S/C24H34N4O4/c1-4-24(14-11-20(29)26-22(24)31)18-7-9-19(10-8-18)25-21(30)17-12-15-28(16-13-17)23(32)27(5-2)6-3/h7-10,17H,4-6,11-16H2,1-3H3,(H,25,30)(H,26,29,31). The Balaban J connectivity index is 1.58. The van der Waals surface area contributed by atoms with Gasteiger partial charge in [0.15, 0.2) is 0 Å². The topological polar surface area (TPSA) is 98.8 Å². The number of carbonyl (C=O) groups excluding carboxylic acids is 4. The van der Waals surface area contributed by atoms with E-state index in [0.717, 1.165) is 5.56 Å². The molecule has 1 unspecified atom stereocenters. The van der Waals surface area contributed by atoms with Gasteiger partial charge in [-0.15, -0.1) is 0 Å². The molecular weight excluding hydrogens is 408 g/mol. The molecule has 1 aromatic rings. The highest BCUT2D eigenvalue weighted by molar-refractivity contribution is 6.03. The van der Waals surface area contributed by atoms with Crippen molar-refractivity contribution < 1.29 is 19.2 Å². The van der Waals surface area contributed by atoms with E-state index >= 15 is 0 Å². The number of carbonyl (C=O) groups is 4. The second-order valence-electron chi connectivity index (χ2n) is 8.60. The van der Waals surface area contributed by atoms with E-state index in [4.69, 9.17) is 0 Å². The lowest BCUT2D eigenvalue weighted by Crippen LogP contribution is -2.51. The summed E-state index contributed by atoms with van der Waals surface area (Å²) in [6.07, 6.45) is 2.70. The van der Waals surface area contributed by atoms with Crippen molar-refractivity contribution in [3.05, 3.63) is 29.8 Å². The molecule has 1 aromatic carbocycles. The Hall–Kier alpha value is -2.90. The van der Waals surface area contributed by atoms with E-state index in [2.05, 4.69) is 10.6 Å². The Morgan fingerprint density at radius 3 is 2.25 bits per heavy atom. The Kier molecular flexibility index (Phi) is 7.53. The van der Waals surface area contributed by atoms with Gasteiger partial charge >= 0.3 is 6.03 Å². The largest absolute Gasteiger partial charge is 0.326 e. The lowest BCUT2D eigenvalue weighted by Gasteiger charge is -2.35. The summed E-state index contributed by atoms with van der Waals surface area (Å²) in [5, 5.41) is 5.43. The summed E-state index contributed by atoms with van der Waals surface area (Å²) >= 11 is 0. The fourth-order valence-corrected chi connectivity index (χ4v) is 4.71. The van der Waals surface area contributed by atoms with Gasteiger partial charge in [0.2, 0.25) is 17.7 Å². The highest BCUT2D eigenvalue weighted by Crippen LogP contribution is 2.36. The molecule has 8 heteroatoms. The van der Waals surface area contributed by atoms with Crippen molar-refractivity contribution in [3.63, 3.8) is 0 Å². The van der Waals surface area contributed by atoms with Crippen molar-refractivity contribution in [2.45, 2.75) is 58.3 Å².